The maximum atomic E-state index is 13.3. The molecule has 0 aliphatic carbocycles. The van der Waals surface area contributed by atoms with Crippen LogP contribution in [0.4, 0.5) is 0 Å². The van der Waals surface area contributed by atoms with Crippen LogP contribution in [0.25, 0.3) is 0 Å². The molecule has 0 aromatic carbocycles. The van der Waals surface area contributed by atoms with Crippen molar-refractivity contribution in [2.45, 2.75) is 39.0 Å². The smallest absolute Gasteiger partial charge is 0.259 e. The summed E-state index contributed by atoms with van der Waals surface area (Å²) < 4.78 is 11.0. The molecule has 1 aliphatic rings. The average molecular weight is 434 g/mol. The Labute approximate surface area is 183 Å². The van der Waals surface area contributed by atoms with Crippen LogP contribution in [-0.2, 0) is 9.53 Å². The monoisotopic (exact) mass is 433 g/mol. The first-order chi connectivity index (χ1) is 14.7. The van der Waals surface area contributed by atoms with E-state index in [0.717, 1.165) is 0 Å². The van der Waals surface area contributed by atoms with Crippen molar-refractivity contribution >= 4 is 11.8 Å². The topological polar surface area (TPSA) is 112 Å². The lowest BCUT2D eigenvalue weighted by molar-refractivity contribution is -0.135. The van der Waals surface area contributed by atoms with E-state index >= 15 is 0 Å². The van der Waals surface area contributed by atoms with E-state index in [-0.39, 0.29) is 48.9 Å². The summed E-state index contributed by atoms with van der Waals surface area (Å²) in [6.07, 6.45) is 0.225. The zero-order chi connectivity index (χ0) is 23.1. The molecule has 0 bridgehead atoms. The predicted octanol–water partition coefficient (Wildman–Crippen LogP) is 0.139. The van der Waals surface area contributed by atoms with Crippen molar-refractivity contribution in [1.82, 2.24) is 14.8 Å². The van der Waals surface area contributed by atoms with E-state index in [0.29, 0.717) is 12.1 Å². The molecule has 0 fully saturated rings. The number of ether oxygens (including phenoxy) is 2. The maximum Gasteiger partial charge on any atom is 0.259 e. The number of aliphatic hydroxyl groups is 2. The van der Waals surface area contributed by atoms with Crippen LogP contribution in [0.5, 0.6) is 5.88 Å². The minimum absolute atomic E-state index is 0.0378. The number of methoxy groups -OCH3 is 1. The van der Waals surface area contributed by atoms with Gasteiger partial charge in [-0.3, -0.25) is 9.59 Å². The fourth-order valence-electron chi connectivity index (χ4n) is 3.18. The third-order valence-electron chi connectivity index (χ3n) is 5.09. The molecule has 1 aromatic heterocycles. The third kappa shape index (κ3) is 6.40. The van der Waals surface area contributed by atoms with Crippen LogP contribution in [0.3, 0.4) is 0 Å². The fraction of sp³-hybridized carbons (Fsp3) is 0.591. The summed E-state index contributed by atoms with van der Waals surface area (Å²) >= 11 is 0. The van der Waals surface area contributed by atoms with Crippen LogP contribution < -0.4 is 4.74 Å². The van der Waals surface area contributed by atoms with Gasteiger partial charge in [0.05, 0.1) is 19.2 Å². The summed E-state index contributed by atoms with van der Waals surface area (Å²) in [5.74, 6) is 4.91. The second-order valence-corrected chi connectivity index (χ2v) is 7.85. The molecule has 0 radical (unpaired) electrons. The Morgan fingerprint density at radius 3 is 2.81 bits per heavy atom. The Balaban J connectivity index is 2.44. The van der Waals surface area contributed by atoms with Gasteiger partial charge in [-0.15, -0.1) is 0 Å². The summed E-state index contributed by atoms with van der Waals surface area (Å²) in [5.41, 5.74) is 0.686. The van der Waals surface area contributed by atoms with Crippen molar-refractivity contribution in [1.29, 1.82) is 0 Å². The second kappa shape index (κ2) is 11.1. The molecule has 2 rings (SSSR count). The Morgan fingerprint density at radius 2 is 2.19 bits per heavy atom. The number of aromatic nitrogens is 1. The molecule has 1 aromatic rings. The van der Waals surface area contributed by atoms with Gasteiger partial charge in [0.15, 0.2) is 0 Å². The van der Waals surface area contributed by atoms with Crippen LogP contribution in [0.1, 0.15) is 36.7 Å². The summed E-state index contributed by atoms with van der Waals surface area (Å²) in [6.45, 7) is 5.62. The first kappa shape index (κ1) is 24.6. The van der Waals surface area contributed by atoms with E-state index in [1.165, 1.54) is 18.2 Å². The van der Waals surface area contributed by atoms with Crippen molar-refractivity contribution in [2.24, 2.45) is 5.92 Å². The summed E-state index contributed by atoms with van der Waals surface area (Å²) in [6, 6.07) is 1.16. The molecular weight excluding hydrogens is 402 g/mol. The fourth-order valence-corrected chi connectivity index (χ4v) is 3.18. The number of hydrogen-bond donors (Lipinski definition) is 2. The molecule has 31 heavy (non-hydrogen) atoms. The molecule has 0 unspecified atom stereocenters. The molecule has 170 valence electrons. The second-order valence-electron chi connectivity index (χ2n) is 7.85. The standard InChI is InChI=1S/C22H31N3O6/c1-14-10-25(15(2)12-26)22(29)18-8-17(7-6-16(3)27)9-23-21(18)31-19(14)11-24(4)20(28)13-30-5/h8-9,14-16,19,26-27H,10-13H2,1-5H3/t14-,15+,16-,19-/m1/s1. The van der Waals surface area contributed by atoms with Gasteiger partial charge in [-0.05, 0) is 19.9 Å². The lowest BCUT2D eigenvalue weighted by Crippen LogP contribution is -2.50. The number of nitrogens with zero attached hydrogens (tertiary/aromatic N) is 3. The average Bonchev–Trinajstić information content (AvgIpc) is 2.74. The zero-order valence-electron chi connectivity index (χ0n) is 18.7. The molecule has 0 spiro atoms. The number of amides is 2. The minimum Gasteiger partial charge on any atom is -0.472 e. The minimum atomic E-state index is -0.815. The van der Waals surface area contributed by atoms with Crippen molar-refractivity contribution < 1.29 is 29.3 Å². The van der Waals surface area contributed by atoms with Crippen molar-refractivity contribution in [3.05, 3.63) is 23.4 Å². The van der Waals surface area contributed by atoms with Crippen molar-refractivity contribution in [2.75, 3.05) is 40.5 Å². The van der Waals surface area contributed by atoms with E-state index in [1.54, 1.807) is 31.9 Å². The number of pyridine rings is 1. The van der Waals surface area contributed by atoms with E-state index in [4.69, 9.17) is 9.47 Å². The molecule has 9 nitrogen and oxygen atoms in total. The van der Waals surface area contributed by atoms with Gasteiger partial charge in [-0.2, -0.15) is 0 Å². The van der Waals surface area contributed by atoms with Crippen LogP contribution in [-0.4, -0.2) is 95.5 Å². The summed E-state index contributed by atoms with van der Waals surface area (Å²) in [4.78, 5) is 32.8. The summed E-state index contributed by atoms with van der Waals surface area (Å²) in [7, 11) is 3.12. The van der Waals surface area contributed by atoms with E-state index in [2.05, 4.69) is 16.8 Å². The molecule has 2 N–H and O–H groups in total. The van der Waals surface area contributed by atoms with Gasteiger partial charge >= 0.3 is 0 Å². The van der Waals surface area contributed by atoms with Crippen LogP contribution >= 0.6 is 0 Å². The highest BCUT2D eigenvalue weighted by Crippen LogP contribution is 2.27. The Hall–Kier alpha value is -2.67. The van der Waals surface area contributed by atoms with Gasteiger partial charge in [0.25, 0.3) is 5.91 Å². The van der Waals surface area contributed by atoms with E-state index in [1.807, 2.05) is 6.92 Å². The summed E-state index contributed by atoms with van der Waals surface area (Å²) in [5, 5.41) is 19.1. The van der Waals surface area contributed by atoms with Crippen molar-refractivity contribution in [3.8, 4) is 17.7 Å². The van der Waals surface area contributed by atoms with Gasteiger partial charge in [0.1, 0.15) is 24.4 Å². The molecule has 0 saturated heterocycles. The van der Waals surface area contributed by atoms with E-state index < -0.39 is 18.2 Å². The molecular formula is C22H31N3O6. The quantitative estimate of drug-likeness (QED) is 0.614. The highest BCUT2D eigenvalue weighted by molar-refractivity contribution is 5.97. The highest BCUT2D eigenvalue weighted by atomic mass is 16.5. The first-order valence-corrected chi connectivity index (χ1v) is 10.2. The predicted molar refractivity (Wildman–Crippen MR) is 113 cm³/mol. The molecule has 2 amide bonds. The largest absolute Gasteiger partial charge is 0.472 e. The van der Waals surface area contributed by atoms with E-state index in [9.17, 15) is 19.8 Å². The lowest BCUT2D eigenvalue weighted by atomic mass is 10.00. The highest BCUT2D eigenvalue weighted by Gasteiger charge is 2.34. The number of aliphatic hydroxyl groups excluding tert-OH is 2. The molecule has 0 saturated carbocycles. The number of fused-ring (bicyclic) bond motifs is 1. The number of rotatable bonds is 6. The lowest BCUT2D eigenvalue weighted by Gasteiger charge is -2.37. The normalized spacial score (nSPS) is 20.4. The number of carbonyl (C=O) groups is 2. The molecule has 2 heterocycles. The van der Waals surface area contributed by atoms with Gasteiger partial charge in [-0.25, -0.2) is 4.98 Å². The Morgan fingerprint density at radius 1 is 1.48 bits per heavy atom. The van der Waals surface area contributed by atoms with Crippen molar-refractivity contribution in [3.63, 3.8) is 0 Å². The van der Waals surface area contributed by atoms with Gasteiger partial charge in [0.2, 0.25) is 11.8 Å². The van der Waals surface area contributed by atoms with Gasteiger partial charge in [-0.1, -0.05) is 18.8 Å². The third-order valence-corrected chi connectivity index (χ3v) is 5.09. The van der Waals surface area contributed by atoms with Crippen LogP contribution in [0, 0.1) is 17.8 Å². The first-order valence-electron chi connectivity index (χ1n) is 10.2. The number of carbonyl (C=O) groups excluding carboxylic acids is 2. The molecule has 1 aliphatic heterocycles. The molecule has 4 atom stereocenters. The Bertz CT molecular complexity index is 847. The number of likely N-dealkylation sites (N-methyl/N-ethyl adjacent to an activating group) is 1. The zero-order valence-corrected chi connectivity index (χ0v) is 18.7. The van der Waals surface area contributed by atoms with Gasteiger partial charge < -0.3 is 29.5 Å². The van der Waals surface area contributed by atoms with Crippen LogP contribution in [0.15, 0.2) is 12.3 Å². The van der Waals surface area contributed by atoms with Crippen LogP contribution in [0.2, 0.25) is 0 Å². The maximum absolute atomic E-state index is 13.3. The van der Waals surface area contributed by atoms with Gasteiger partial charge in [0, 0.05) is 38.4 Å². The molecule has 9 heteroatoms. The SMILES string of the molecule is COCC(=O)N(C)C[C@H]1Oc2ncc(C#C[C@@H](C)O)cc2C(=O)N([C@@H](C)CO)C[C@H]1C. The Kier molecular flexibility index (Phi) is 8.80. The number of hydrogen-bond acceptors (Lipinski definition) is 7.